The Morgan fingerprint density at radius 3 is 2.39 bits per heavy atom. The highest BCUT2D eigenvalue weighted by Crippen LogP contribution is 2.35. The molecule has 0 radical (unpaired) electrons. The third-order valence-corrected chi connectivity index (χ3v) is 6.94. The molecule has 2 aliphatic rings. The summed E-state index contributed by atoms with van der Waals surface area (Å²) in [6, 6.07) is 2.08. The molecule has 2 fully saturated rings. The van der Waals surface area contributed by atoms with Crippen molar-refractivity contribution in [1.82, 2.24) is 4.90 Å². The summed E-state index contributed by atoms with van der Waals surface area (Å²) in [5.74, 6) is -0.0763. The highest BCUT2D eigenvalue weighted by atomic mass is 32.2. The number of nitrogens with zero attached hydrogens (tertiary/aromatic N) is 2. The molecular weight excluding hydrogens is 272 g/mol. The van der Waals surface area contributed by atoms with Crippen molar-refractivity contribution < 1.29 is 13.5 Å². The van der Waals surface area contributed by atoms with Gasteiger partial charge in [-0.2, -0.15) is 5.26 Å². The highest BCUT2D eigenvalue weighted by Gasteiger charge is 2.43. The first-order valence-electron chi connectivity index (χ1n) is 6.00. The van der Waals surface area contributed by atoms with Crippen molar-refractivity contribution in [2.75, 3.05) is 30.9 Å². The van der Waals surface area contributed by atoms with Crippen LogP contribution in [0.4, 0.5) is 0 Å². The third kappa shape index (κ3) is 2.67. The van der Waals surface area contributed by atoms with Gasteiger partial charge in [0.1, 0.15) is 4.75 Å². The number of sulfone groups is 1. The summed E-state index contributed by atoms with van der Waals surface area (Å²) in [6.45, 7) is 1.37. The average molecular weight is 290 g/mol. The Morgan fingerprint density at radius 2 is 2.00 bits per heavy atom. The molecule has 102 valence electrons. The molecule has 2 rings (SSSR count). The summed E-state index contributed by atoms with van der Waals surface area (Å²) in [7, 11) is -3.10. The van der Waals surface area contributed by atoms with Crippen LogP contribution in [-0.2, 0) is 9.84 Å². The molecule has 2 unspecified atom stereocenters. The van der Waals surface area contributed by atoms with Crippen LogP contribution in [0, 0.1) is 11.3 Å². The molecule has 0 aromatic rings. The maximum Gasteiger partial charge on any atom is 0.154 e. The lowest BCUT2D eigenvalue weighted by Gasteiger charge is -2.39. The van der Waals surface area contributed by atoms with Gasteiger partial charge in [-0.25, -0.2) is 8.42 Å². The van der Waals surface area contributed by atoms with Crippen molar-refractivity contribution in [1.29, 1.82) is 5.26 Å². The second-order valence-corrected chi connectivity index (χ2v) is 8.40. The van der Waals surface area contributed by atoms with Crippen LogP contribution in [0.3, 0.4) is 0 Å². The smallest absolute Gasteiger partial charge is 0.154 e. The van der Waals surface area contributed by atoms with Gasteiger partial charge in [-0.1, -0.05) is 0 Å². The molecule has 2 atom stereocenters. The minimum Gasteiger partial charge on any atom is -0.390 e. The van der Waals surface area contributed by atoms with Crippen LogP contribution >= 0.6 is 11.8 Å². The number of piperidine rings is 1. The van der Waals surface area contributed by atoms with Crippen LogP contribution in [0.15, 0.2) is 0 Å². The lowest BCUT2D eigenvalue weighted by Crippen LogP contribution is -2.50. The molecule has 2 saturated heterocycles. The Bertz CT molecular complexity index is 449. The van der Waals surface area contributed by atoms with E-state index in [1.807, 2.05) is 11.2 Å². The van der Waals surface area contributed by atoms with Gasteiger partial charge in [0.25, 0.3) is 0 Å². The molecule has 7 heteroatoms. The number of aliphatic hydroxyl groups excluding tert-OH is 1. The maximum atomic E-state index is 11.5. The summed E-state index contributed by atoms with van der Waals surface area (Å²) in [5, 5.41) is 19.0. The monoisotopic (exact) mass is 290 g/mol. The summed E-state index contributed by atoms with van der Waals surface area (Å²) in [6.07, 6.45) is 2.62. The zero-order chi connectivity index (χ0) is 13.4. The predicted molar refractivity (Wildman–Crippen MR) is 71.1 cm³/mol. The minimum atomic E-state index is -3.10. The molecule has 5 nitrogen and oxygen atoms in total. The van der Waals surface area contributed by atoms with Gasteiger partial charge in [0.2, 0.25) is 0 Å². The van der Waals surface area contributed by atoms with Gasteiger partial charge >= 0.3 is 0 Å². The van der Waals surface area contributed by atoms with E-state index in [2.05, 4.69) is 6.07 Å². The van der Waals surface area contributed by atoms with Crippen LogP contribution in [0.5, 0.6) is 0 Å². The molecule has 0 spiro atoms. The molecule has 0 amide bonds. The zero-order valence-corrected chi connectivity index (χ0v) is 12.0. The van der Waals surface area contributed by atoms with Crippen LogP contribution in [0.2, 0.25) is 0 Å². The van der Waals surface area contributed by atoms with E-state index in [-0.39, 0.29) is 22.3 Å². The number of aliphatic hydroxyl groups is 1. The summed E-state index contributed by atoms with van der Waals surface area (Å²) >= 11 is 1.57. The van der Waals surface area contributed by atoms with Gasteiger partial charge in [0.05, 0.1) is 29.7 Å². The van der Waals surface area contributed by atoms with Crippen molar-refractivity contribution in [2.24, 2.45) is 0 Å². The molecule has 0 bridgehead atoms. The van der Waals surface area contributed by atoms with Gasteiger partial charge in [-0.3, -0.25) is 4.90 Å². The SMILES string of the molecule is CSC1(C#N)CCN(C2CS(=O)(=O)CC2O)CC1. The van der Waals surface area contributed by atoms with Gasteiger partial charge in [-0.15, -0.1) is 11.8 Å². The summed E-state index contributed by atoms with van der Waals surface area (Å²) < 4.78 is 22.6. The molecule has 0 aliphatic carbocycles. The first-order valence-corrected chi connectivity index (χ1v) is 9.05. The Kier molecular flexibility index (Phi) is 3.93. The summed E-state index contributed by atoms with van der Waals surface area (Å²) in [5.41, 5.74) is 0. The van der Waals surface area contributed by atoms with E-state index in [0.717, 1.165) is 12.8 Å². The van der Waals surface area contributed by atoms with E-state index in [0.29, 0.717) is 13.1 Å². The summed E-state index contributed by atoms with van der Waals surface area (Å²) in [4.78, 5) is 2.03. The van der Waals surface area contributed by atoms with E-state index in [1.165, 1.54) is 0 Å². The molecule has 2 aliphatic heterocycles. The predicted octanol–water partition coefficient (Wildman–Crippen LogP) is -0.135. The molecule has 0 aromatic carbocycles. The Morgan fingerprint density at radius 1 is 1.39 bits per heavy atom. The van der Waals surface area contributed by atoms with Crippen molar-refractivity contribution in [3.05, 3.63) is 0 Å². The number of thioether (sulfide) groups is 1. The van der Waals surface area contributed by atoms with E-state index < -0.39 is 15.9 Å². The van der Waals surface area contributed by atoms with Crippen molar-refractivity contribution >= 4 is 21.6 Å². The molecule has 0 saturated carbocycles. The number of rotatable bonds is 2. The Hall–Kier alpha value is -0.290. The first-order chi connectivity index (χ1) is 8.41. The van der Waals surface area contributed by atoms with Crippen molar-refractivity contribution in [3.63, 3.8) is 0 Å². The molecule has 2 heterocycles. The number of nitriles is 1. The Balaban J connectivity index is 2.01. The quantitative estimate of drug-likeness (QED) is 0.763. The minimum absolute atomic E-state index is 0.0486. The van der Waals surface area contributed by atoms with Crippen molar-refractivity contribution in [3.8, 4) is 6.07 Å². The first kappa shape index (κ1) is 14.1. The highest BCUT2D eigenvalue weighted by molar-refractivity contribution is 8.00. The van der Waals surface area contributed by atoms with Crippen LogP contribution in [0.25, 0.3) is 0 Å². The number of likely N-dealkylation sites (tertiary alicyclic amines) is 1. The fourth-order valence-corrected chi connectivity index (χ4v) is 5.25. The zero-order valence-electron chi connectivity index (χ0n) is 10.4. The topological polar surface area (TPSA) is 81.4 Å². The lowest BCUT2D eigenvalue weighted by molar-refractivity contribution is 0.0677. The number of hydrogen-bond acceptors (Lipinski definition) is 6. The van der Waals surface area contributed by atoms with Gasteiger partial charge in [0, 0.05) is 13.1 Å². The third-order valence-electron chi connectivity index (χ3n) is 3.96. The fraction of sp³-hybridized carbons (Fsp3) is 0.909. The second-order valence-electron chi connectivity index (χ2n) is 5.06. The normalized spacial score (nSPS) is 35.2. The maximum absolute atomic E-state index is 11.5. The van der Waals surface area contributed by atoms with Crippen molar-refractivity contribution in [2.45, 2.75) is 29.7 Å². The van der Waals surface area contributed by atoms with E-state index >= 15 is 0 Å². The average Bonchev–Trinajstić information content (AvgIpc) is 2.63. The standard InChI is InChI=1S/C11H18N2O3S2/c1-17-11(8-12)2-4-13(5-3-11)9-6-18(15,16)7-10(9)14/h9-10,14H,2-7H2,1H3. The van der Waals surface area contributed by atoms with E-state index in [1.54, 1.807) is 11.8 Å². The largest absolute Gasteiger partial charge is 0.390 e. The molecular formula is C11H18N2O3S2. The number of hydrogen-bond donors (Lipinski definition) is 1. The second kappa shape index (κ2) is 5.00. The lowest BCUT2D eigenvalue weighted by atomic mass is 9.95. The Labute approximate surface area is 112 Å². The fourth-order valence-electron chi connectivity index (χ4n) is 2.74. The van der Waals surface area contributed by atoms with Crippen LogP contribution < -0.4 is 0 Å². The van der Waals surface area contributed by atoms with E-state index in [9.17, 15) is 18.8 Å². The molecule has 18 heavy (non-hydrogen) atoms. The van der Waals surface area contributed by atoms with Gasteiger partial charge in [0.15, 0.2) is 9.84 Å². The van der Waals surface area contributed by atoms with Crippen LogP contribution in [0.1, 0.15) is 12.8 Å². The van der Waals surface area contributed by atoms with Gasteiger partial charge < -0.3 is 5.11 Å². The molecule has 0 aromatic heterocycles. The van der Waals surface area contributed by atoms with Crippen LogP contribution in [-0.4, -0.2) is 66.2 Å². The molecule has 1 N–H and O–H groups in total. The van der Waals surface area contributed by atoms with Gasteiger partial charge in [-0.05, 0) is 19.1 Å². The van der Waals surface area contributed by atoms with E-state index in [4.69, 9.17) is 0 Å².